The van der Waals surface area contributed by atoms with Crippen molar-refractivity contribution in [3.63, 3.8) is 0 Å². The first-order valence-electron chi connectivity index (χ1n) is 7.68. The van der Waals surface area contributed by atoms with Crippen LogP contribution in [0.25, 0.3) is 0 Å². The van der Waals surface area contributed by atoms with Gasteiger partial charge in [-0.05, 0) is 70.6 Å². The van der Waals surface area contributed by atoms with E-state index >= 15 is 0 Å². The van der Waals surface area contributed by atoms with Crippen molar-refractivity contribution in [3.8, 4) is 0 Å². The summed E-state index contributed by atoms with van der Waals surface area (Å²) in [7, 11) is 2.35. The van der Waals surface area contributed by atoms with Crippen LogP contribution in [0.5, 0.6) is 0 Å². The van der Waals surface area contributed by atoms with Gasteiger partial charge >= 0.3 is 0 Å². The monoisotopic (exact) mass is 238 g/mol. The fourth-order valence-corrected chi connectivity index (χ4v) is 3.67. The molecule has 3 atom stereocenters. The third-order valence-electron chi connectivity index (χ3n) is 4.92. The van der Waals surface area contributed by atoms with Crippen molar-refractivity contribution >= 4 is 0 Å². The maximum absolute atomic E-state index is 3.53. The summed E-state index contributed by atoms with van der Waals surface area (Å²) in [6.45, 7) is 6.25. The maximum Gasteiger partial charge on any atom is 0.0118 e. The second-order valence-corrected chi connectivity index (χ2v) is 6.31. The molecule has 0 radical (unpaired) electrons. The molecule has 3 unspecified atom stereocenters. The van der Waals surface area contributed by atoms with Crippen LogP contribution in [-0.2, 0) is 0 Å². The van der Waals surface area contributed by atoms with E-state index in [9.17, 15) is 0 Å². The quantitative estimate of drug-likeness (QED) is 0.810. The van der Waals surface area contributed by atoms with Gasteiger partial charge in [-0.1, -0.05) is 19.8 Å². The lowest BCUT2D eigenvalue weighted by atomic mass is 9.85. The zero-order valence-electron chi connectivity index (χ0n) is 11.8. The highest BCUT2D eigenvalue weighted by molar-refractivity contribution is 4.80. The van der Waals surface area contributed by atoms with Gasteiger partial charge in [-0.25, -0.2) is 0 Å². The molecule has 1 aliphatic heterocycles. The predicted octanol–water partition coefficient (Wildman–Crippen LogP) is 2.89. The molecule has 1 heterocycles. The van der Waals surface area contributed by atoms with E-state index in [1.54, 1.807) is 0 Å². The number of rotatable bonds is 4. The Kier molecular flexibility index (Phi) is 5.30. The van der Waals surface area contributed by atoms with Crippen LogP contribution in [0.15, 0.2) is 0 Å². The molecule has 0 aromatic carbocycles. The summed E-state index contributed by atoms with van der Waals surface area (Å²) < 4.78 is 0. The lowest BCUT2D eigenvalue weighted by molar-refractivity contribution is 0.130. The molecular formula is C15H30N2. The largest absolute Gasteiger partial charge is 0.316 e. The molecule has 0 amide bonds. The second-order valence-electron chi connectivity index (χ2n) is 6.31. The minimum absolute atomic E-state index is 0.861. The van der Waals surface area contributed by atoms with Gasteiger partial charge in [0, 0.05) is 6.04 Å². The van der Waals surface area contributed by atoms with Crippen LogP contribution in [0.1, 0.15) is 51.9 Å². The van der Waals surface area contributed by atoms with Gasteiger partial charge in [-0.15, -0.1) is 0 Å². The van der Waals surface area contributed by atoms with Crippen LogP contribution in [0, 0.1) is 11.8 Å². The summed E-state index contributed by atoms with van der Waals surface area (Å²) in [4.78, 5) is 2.65. The summed E-state index contributed by atoms with van der Waals surface area (Å²) in [5.74, 6) is 1.85. The van der Waals surface area contributed by atoms with Crippen LogP contribution in [-0.4, -0.2) is 37.6 Å². The average molecular weight is 238 g/mol. The first kappa shape index (κ1) is 13.4. The molecular weight excluding hydrogens is 208 g/mol. The smallest absolute Gasteiger partial charge is 0.0118 e. The van der Waals surface area contributed by atoms with Gasteiger partial charge in [0.2, 0.25) is 0 Å². The molecule has 17 heavy (non-hydrogen) atoms. The Morgan fingerprint density at radius 1 is 1.12 bits per heavy atom. The van der Waals surface area contributed by atoms with Crippen molar-refractivity contribution < 1.29 is 0 Å². The summed E-state index contributed by atoms with van der Waals surface area (Å²) >= 11 is 0. The summed E-state index contributed by atoms with van der Waals surface area (Å²) in [5.41, 5.74) is 0. The van der Waals surface area contributed by atoms with Gasteiger partial charge in [0.15, 0.2) is 0 Å². The Bertz CT molecular complexity index is 211. The van der Waals surface area contributed by atoms with E-state index in [4.69, 9.17) is 0 Å². The Labute approximate surface area is 107 Å². The Morgan fingerprint density at radius 2 is 1.94 bits per heavy atom. The molecule has 2 fully saturated rings. The molecule has 1 saturated carbocycles. The van der Waals surface area contributed by atoms with Crippen LogP contribution in [0.4, 0.5) is 0 Å². The van der Waals surface area contributed by atoms with Crippen molar-refractivity contribution in [2.75, 3.05) is 26.7 Å². The summed E-state index contributed by atoms with van der Waals surface area (Å²) in [6.07, 6.45) is 10.0. The van der Waals surface area contributed by atoms with E-state index in [2.05, 4.69) is 24.2 Å². The van der Waals surface area contributed by atoms with Crippen LogP contribution >= 0.6 is 0 Å². The first-order chi connectivity index (χ1) is 8.27. The highest BCUT2D eigenvalue weighted by Crippen LogP contribution is 2.28. The van der Waals surface area contributed by atoms with E-state index in [1.807, 2.05) is 0 Å². The van der Waals surface area contributed by atoms with Gasteiger partial charge in [0.05, 0.1) is 0 Å². The number of hydrogen-bond acceptors (Lipinski definition) is 2. The summed E-state index contributed by atoms with van der Waals surface area (Å²) in [5, 5.41) is 3.53. The molecule has 2 nitrogen and oxygen atoms in total. The highest BCUT2D eigenvalue weighted by Gasteiger charge is 2.25. The lowest BCUT2D eigenvalue weighted by Gasteiger charge is -2.37. The fourth-order valence-electron chi connectivity index (χ4n) is 3.67. The van der Waals surface area contributed by atoms with Crippen molar-refractivity contribution in [3.05, 3.63) is 0 Å². The van der Waals surface area contributed by atoms with Crippen LogP contribution in [0.2, 0.25) is 0 Å². The molecule has 0 aromatic rings. The van der Waals surface area contributed by atoms with E-state index in [0.29, 0.717) is 0 Å². The van der Waals surface area contributed by atoms with Crippen LogP contribution in [0.3, 0.4) is 0 Å². The molecule has 0 bridgehead atoms. The number of nitrogens with one attached hydrogen (secondary N) is 1. The van der Waals surface area contributed by atoms with Crippen molar-refractivity contribution in [2.24, 2.45) is 11.8 Å². The van der Waals surface area contributed by atoms with Gasteiger partial charge < -0.3 is 10.2 Å². The van der Waals surface area contributed by atoms with Crippen molar-refractivity contribution in [1.82, 2.24) is 10.2 Å². The molecule has 2 rings (SSSR count). The number of hydrogen-bond donors (Lipinski definition) is 1. The Hall–Kier alpha value is -0.0800. The summed E-state index contributed by atoms with van der Waals surface area (Å²) in [6, 6.07) is 0.861. The molecule has 100 valence electrons. The standard InChI is InChI=1S/C15H30N2/c1-13-6-3-4-8-15(13)17(2)11-9-14-7-5-10-16-12-14/h13-16H,3-12H2,1-2H3. The highest BCUT2D eigenvalue weighted by atomic mass is 15.1. The zero-order chi connectivity index (χ0) is 12.1. The van der Waals surface area contributed by atoms with Gasteiger partial charge in [-0.2, -0.15) is 0 Å². The number of nitrogens with zero attached hydrogens (tertiary/aromatic N) is 1. The zero-order valence-corrected chi connectivity index (χ0v) is 11.8. The first-order valence-corrected chi connectivity index (χ1v) is 7.68. The van der Waals surface area contributed by atoms with E-state index in [1.165, 1.54) is 64.6 Å². The van der Waals surface area contributed by atoms with Crippen molar-refractivity contribution in [1.29, 1.82) is 0 Å². The van der Waals surface area contributed by atoms with Gasteiger partial charge in [0.25, 0.3) is 0 Å². The maximum atomic E-state index is 3.53. The van der Waals surface area contributed by atoms with Gasteiger partial charge in [0.1, 0.15) is 0 Å². The van der Waals surface area contributed by atoms with Gasteiger partial charge in [-0.3, -0.25) is 0 Å². The molecule has 1 N–H and O–H groups in total. The molecule has 0 spiro atoms. The minimum Gasteiger partial charge on any atom is -0.316 e. The molecule has 0 aromatic heterocycles. The average Bonchev–Trinajstić information content (AvgIpc) is 2.38. The Balaban J connectivity index is 1.70. The molecule has 2 heteroatoms. The third kappa shape index (κ3) is 3.96. The fraction of sp³-hybridized carbons (Fsp3) is 1.00. The van der Waals surface area contributed by atoms with E-state index in [-0.39, 0.29) is 0 Å². The predicted molar refractivity (Wildman–Crippen MR) is 74.3 cm³/mol. The molecule has 1 saturated heterocycles. The minimum atomic E-state index is 0.861. The lowest BCUT2D eigenvalue weighted by Crippen LogP contribution is -2.40. The molecule has 2 aliphatic rings. The second kappa shape index (κ2) is 6.75. The molecule has 1 aliphatic carbocycles. The van der Waals surface area contributed by atoms with Crippen LogP contribution < -0.4 is 5.32 Å². The van der Waals surface area contributed by atoms with E-state index < -0.39 is 0 Å². The normalized spacial score (nSPS) is 35.1. The van der Waals surface area contributed by atoms with E-state index in [0.717, 1.165) is 17.9 Å². The third-order valence-corrected chi connectivity index (χ3v) is 4.92. The Morgan fingerprint density at radius 3 is 2.65 bits per heavy atom. The SMILES string of the molecule is CC1CCCCC1N(C)CCC1CCCNC1. The number of piperidine rings is 1. The van der Waals surface area contributed by atoms with Crippen molar-refractivity contribution in [2.45, 2.75) is 57.9 Å². The topological polar surface area (TPSA) is 15.3 Å².